The van der Waals surface area contributed by atoms with Crippen molar-refractivity contribution < 1.29 is 23.9 Å². The number of imide groups is 1. The number of halogens is 2. The van der Waals surface area contributed by atoms with Crippen molar-refractivity contribution >= 4 is 64.0 Å². The number of nitrogens with zero attached hydrogens (tertiary/aromatic N) is 1. The maximum atomic E-state index is 13.0. The topological polar surface area (TPSA) is 105 Å². The maximum Gasteiger partial charge on any atom is 0.337 e. The Labute approximate surface area is 216 Å². The molecule has 2 N–H and O–H groups in total. The van der Waals surface area contributed by atoms with Crippen LogP contribution >= 0.6 is 23.2 Å². The van der Waals surface area contributed by atoms with Crippen molar-refractivity contribution in [3.63, 3.8) is 0 Å². The van der Waals surface area contributed by atoms with Gasteiger partial charge in [-0.15, -0.1) is 0 Å². The van der Waals surface area contributed by atoms with Crippen LogP contribution in [0.5, 0.6) is 0 Å². The van der Waals surface area contributed by atoms with Gasteiger partial charge in [-0.05, 0) is 67.1 Å². The lowest BCUT2D eigenvalue weighted by Gasteiger charge is -2.16. The highest BCUT2D eigenvalue weighted by Gasteiger charge is 2.39. The number of methoxy groups -OCH3 is 1. The maximum absolute atomic E-state index is 13.0. The summed E-state index contributed by atoms with van der Waals surface area (Å²) in [6, 6.07) is 17.4. The smallest absolute Gasteiger partial charge is 0.337 e. The number of nitrogens with one attached hydrogen (secondary N) is 2. The Morgan fingerprint density at radius 2 is 1.58 bits per heavy atom. The van der Waals surface area contributed by atoms with Crippen LogP contribution in [-0.4, -0.2) is 30.8 Å². The summed E-state index contributed by atoms with van der Waals surface area (Å²) < 4.78 is 4.69. The fourth-order valence-corrected chi connectivity index (χ4v) is 3.85. The summed E-state index contributed by atoms with van der Waals surface area (Å²) in [6.45, 7) is 1.81. The molecule has 0 bridgehead atoms. The number of benzene rings is 3. The van der Waals surface area contributed by atoms with Crippen molar-refractivity contribution in [1.82, 2.24) is 0 Å². The number of hydrogen-bond acceptors (Lipinski definition) is 6. The van der Waals surface area contributed by atoms with Gasteiger partial charge in [0.2, 0.25) is 0 Å². The molecule has 10 heteroatoms. The fraction of sp³-hybridized carbons (Fsp3) is 0.0769. The van der Waals surface area contributed by atoms with Crippen molar-refractivity contribution in [3.8, 4) is 0 Å². The number of rotatable bonds is 6. The molecule has 0 saturated heterocycles. The second-order valence-electron chi connectivity index (χ2n) is 7.80. The molecule has 3 aromatic carbocycles. The van der Waals surface area contributed by atoms with Crippen LogP contribution < -0.4 is 15.5 Å². The molecule has 1 aliphatic rings. The molecule has 182 valence electrons. The van der Waals surface area contributed by atoms with E-state index >= 15 is 0 Å². The minimum atomic E-state index is -0.672. The Balaban J connectivity index is 1.47. The van der Waals surface area contributed by atoms with Crippen LogP contribution in [0.2, 0.25) is 5.02 Å². The lowest BCUT2D eigenvalue weighted by Crippen LogP contribution is -2.32. The Hall–Kier alpha value is -4.14. The van der Waals surface area contributed by atoms with Gasteiger partial charge in [0.25, 0.3) is 17.7 Å². The molecule has 3 amide bonds. The number of carbonyl (C=O) groups excluding carboxylic acids is 4. The molecule has 0 radical (unpaired) electrons. The van der Waals surface area contributed by atoms with Crippen molar-refractivity contribution in [2.75, 3.05) is 22.6 Å². The van der Waals surface area contributed by atoms with E-state index in [-0.39, 0.29) is 10.7 Å². The third-order valence-electron chi connectivity index (χ3n) is 5.40. The third kappa shape index (κ3) is 4.95. The predicted octanol–water partition coefficient (Wildman–Crippen LogP) is 5.12. The number of aryl methyl sites for hydroxylation is 1. The zero-order chi connectivity index (χ0) is 26.0. The minimum Gasteiger partial charge on any atom is -0.465 e. The zero-order valence-electron chi connectivity index (χ0n) is 19.1. The van der Waals surface area contributed by atoms with Crippen LogP contribution in [0.4, 0.5) is 17.1 Å². The minimum absolute atomic E-state index is 0.0878. The zero-order valence-corrected chi connectivity index (χ0v) is 20.6. The van der Waals surface area contributed by atoms with Crippen molar-refractivity contribution in [2.45, 2.75) is 6.92 Å². The van der Waals surface area contributed by atoms with Crippen LogP contribution in [-0.2, 0) is 14.3 Å². The number of anilines is 3. The van der Waals surface area contributed by atoms with Crippen LogP contribution in [0, 0.1) is 6.92 Å². The monoisotopic (exact) mass is 523 g/mol. The quantitative estimate of drug-likeness (QED) is 0.343. The average molecular weight is 524 g/mol. The van der Waals surface area contributed by atoms with Crippen molar-refractivity contribution in [2.24, 2.45) is 0 Å². The Bertz CT molecular complexity index is 1430. The summed E-state index contributed by atoms with van der Waals surface area (Å²) in [5.74, 6) is -2.22. The molecule has 1 heterocycles. The lowest BCUT2D eigenvalue weighted by molar-refractivity contribution is -0.120. The van der Waals surface area contributed by atoms with E-state index in [1.165, 1.54) is 31.4 Å². The van der Waals surface area contributed by atoms with E-state index in [0.717, 1.165) is 10.5 Å². The Kier molecular flexibility index (Phi) is 7.10. The molecule has 4 rings (SSSR count). The van der Waals surface area contributed by atoms with E-state index < -0.39 is 23.7 Å². The number of ether oxygens (including phenoxy) is 1. The van der Waals surface area contributed by atoms with Gasteiger partial charge in [-0.2, -0.15) is 0 Å². The summed E-state index contributed by atoms with van der Waals surface area (Å²) in [4.78, 5) is 50.9. The molecule has 0 saturated carbocycles. The van der Waals surface area contributed by atoms with E-state index in [0.29, 0.717) is 33.2 Å². The number of amides is 3. The van der Waals surface area contributed by atoms with E-state index in [1.54, 1.807) is 49.4 Å². The highest BCUT2D eigenvalue weighted by atomic mass is 35.5. The SMILES string of the molecule is COC(=O)c1cccc(NC(=O)c2ccc(NC3=C(Cl)C(=O)N(c4ccc(C)c(Cl)c4)C3=O)cc2)c1. The molecule has 3 aromatic rings. The van der Waals surface area contributed by atoms with Crippen LogP contribution in [0.15, 0.2) is 77.5 Å². The summed E-state index contributed by atoms with van der Waals surface area (Å²) in [5.41, 5.74) is 2.52. The second kappa shape index (κ2) is 10.2. The predicted molar refractivity (Wildman–Crippen MR) is 137 cm³/mol. The molecular formula is C26H19Cl2N3O5. The summed E-state index contributed by atoms with van der Waals surface area (Å²) in [7, 11) is 1.27. The standard InChI is InChI=1S/C26H19Cl2N3O5/c1-14-6-11-19(13-20(14)27)31-24(33)21(28)22(25(31)34)29-17-9-7-15(8-10-17)23(32)30-18-5-3-4-16(12-18)26(35)36-2/h3-13,29H,1-2H3,(H,30,32). The molecule has 0 atom stereocenters. The first-order valence-corrected chi connectivity index (χ1v) is 11.4. The van der Waals surface area contributed by atoms with Gasteiger partial charge < -0.3 is 15.4 Å². The molecular weight excluding hydrogens is 505 g/mol. The van der Waals surface area contributed by atoms with Gasteiger partial charge in [0.05, 0.1) is 18.4 Å². The third-order valence-corrected chi connectivity index (χ3v) is 6.16. The first-order valence-electron chi connectivity index (χ1n) is 10.6. The summed E-state index contributed by atoms with van der Waals surface area (Å²) in [6.07, 6.45) is 0. The van der Waals surface area contributed by atoms with Gasteiger partial charge in [0.1, 0.15) is 10.7 Å². The van der Waals surface area contributed by atoms with Gasteiger partial charge in [0, 0.05) is 22.0 Å². The molecule has 0 unspecified atom stereocenters. The number of hydrogen-bond donors (Lipinski definition) is 2. The summed E-state index contributed by atoms with van der Waals surface area (Å²) in [5, 5.41) is 5.72. The van der Waals surface area contributed by atoms with E-state index in [9.17, 15) is 19.2 Å². The Morgan fingerprint density at radius 1 is 0.861 bits per heavy atom. The van der Waals surface area contributed by atoms with Gasteiger partial charge in [-0.3, -0.25) is 14.4 Å². The van der Waals surface area contributed by atoms with Crippen molar-refractivity contribution in [1.29, 1.82) is 0 Å². The average Bonchev–Trinajstić information content (AvgIpc) is 3.08. The molecule has 0 aliphatic carbocycles. The first kappa shape index (κ1) is 25.0. The highest BCUT2D eigenvalue weighted by Crippen LogP contribution is 2.32. The van der Waals surface area contributed by atoms with E-state index in [4.69, 9.17) is 23.2 Å². The molecule has 8 nitrogen and oxygen atoms in total. The van der Waals surface area contributed by atoms with Gasteiger partial charge in [-0.25, -0.2) is 9.69 Å². The van der Waals surface area contributed by atoms with Crippen molar-refractivity contribution in [3.05, 3.63) is 99.2 Å². The first-order chi connectivity index (χ1) is 17.2. The van der Waals surface area contributed by atoms with Gasteiger partial charge in [-0.1, -0.05) is 35.3 Å². The van der Waals surface area contributed by atoms with Crippen LogP contribution in [0.25, 0.3) is 0 Å². The fourth-order valence-electron chi connectivity index (χ4n) is 3.46. The largest absolute Gasteiger partial charge is 0.465 e. The molecule has 1 aliphatic heterocycles. The highest BCUT2D eigenvalue weighted by molar-refractivity contribution is 6.53. The lowest BCUT2D eigenvalue weighted by atomic mass is 10.1. The van der Waals surface area contributed by atoms with E-state index in [2.05, 4.69) is 15.4 Å². The summed E-state index contributed by atoms with van der Waals surface area (Å²) >= 11 is 12.3. The molecule has 0 aromatic heterocycles. The number of carbonyl (C=O) groups is 4. The molecule has 36 heavy (non-hydrogen) atoms. The second-order valence-corrected chi connectivity index (χ2v) is 8.58. The van der Waals surface area contributed by atoms with Crippen LogP contribution in [0.3, 0.4) is 0 Å². The van der Waals surface area contributed by atoms with Gasteiger partial charge >= 0.3 is 5.97 Å². The van der Waals surface area contributed by atoms with E-state index in [1.807, 2.05) is 0 Å². The van der Waals surface area contributed by atoms with Gasteiger partial charge in [0.15, 0.2) is 0 Å². The molecule has 0 spiro atoms. The Morgan fingerprint density at radius 3 is 2.25 bits per heavy atom. The normalized spacial score (nSPS) is 13.2. The van der Waals surface area contributed by atoms with Crippen LogP contribution in [0.1, 0.15) is 26.3 Å². The number of esters is 1. The molecule has 0 fully saturated rings.